The Morgan fingerprint density at radius 2 is 2.38 bits per heavy atom. The fraction of sp³-hybridized carbons (Fsp3) is 0.143. The number of carbonyl (C=O) groups excluding carboxylic acids is 1. The number of nitrogens with two attached hydrogens (primary N) is 1. The van der Waals surface area contributed by atoms with Crippen molar-refractivity contribution in [2.75, 3.05) is 6.61 Å². The molecule has 0 aromatic carbocycles. The van der Waals surface area contributed by atoms with E-state index < -0.39 is 23.4 Å². The monoisotopic (exact) mass is 228 g/mol. The second-order valence-corrected chi connectivity index (χ2v) is 2.59. The minimum Gasteiger partial charge on any atom is -0.399 e. The highest BCUT2D eigenvalue weighted by molar-refractivity contribution is 5.99. The second-order valence-electron chi connectivity index (χ2n) is 2.59. The molecule has 0 unspecified atom stereocenters. The molecule has 0 fully saturated rings. The van der Waals surface area contributed by atoms with Crippen molar-refractivity contribution in [1.29, 1.82) is 0 Å². The number of aliphatic hydroxyl groups excluding tert-OH is 1. The molecule has 0 aliphatic carbocycles. The second kappa shape index (κ2) is 4.89. The molecule has 16 heavy (non-hydrogen) atoms. The molecule has 4 N–H and O–H groups in total. The lowest BCUT2D eigenvalue weighted by Crippen LogP contribution is -2.26. The smallest absolute Gasteiger partial charge is 0.399 e. The van der Waals surface area contributed by atoms with E-state index >= 15 is 0 Å². The van der Waals surface area contributed by atoms with Crippen molar-refractivity contribution in [1.82, 2.24) is 5.43 Å². The molecule has 0 saturated heterocycles. The molecule has 0 atom stereocenters. The normalized spacial score (nSPS) is 11.2. The predicted octanol–water partition coefficient (Wildman–Crippen LogP) is -0.448. The minimum absolute atomic E-state index is 0.0250. The highest BCUT2D eigenvalue weighted by atomic mass is 16.6. The number of nitrogens with zero attached hydrogens (tertiary/aromatic N) is 2. The standard InChI is InChI=1S/C7H8N4O5/c8-7(13)10-9-4(3-12)5-1-2-6(16-5)11(14)15/h1-2,12H,3H2,(H3,8,10,13)/b9-4-. The van der Waals surface area contributed by atoms with Gasteiger partial charge >= 0.3 is 11.9 Å². The molecule has 1 aromatic rings. The molecular formula is C7H8N4O5. The first kappa shape index (κ1) is 11.7. The quantitative estimate of drug-likeness (QED) is 0.363. The molecule has 1 rings (SSSR count). The zero-order chi connectivity index (χ0) is 12.1. The number of hydrazone groups is 1. The molecule has 0 bridgehead atoms. The number of amides is 2. The number of nitrogens with one attached hydrogen (secondary N) is 1. The molecule has 86 valence electrons. The third-order valence-corrected chi connectivity index (χ3v) is 1.51. The summed E-state index contributed by atoms with van der Waals surface area (Å²) >= 11 is 0. The molecule has 2 amide bonds. The third-order valence-electron chi connectivity index (χ3n) is 1.51. The Kier molecular flexibility index (Phi) is 3.56. The summed E-state index contributed by atoms with van der Waals surface area (Å²) in [6.07, 6.45) is 0. The first-order valence-corrected chi connectivity index (χ1v) is 4.02. The van der Waals surface area contributed by atoms with E-state index in [9.17, 15) is 14.9 Å². The maximum absolute atomic E-state index is 10.3. The summed E-state index contributed by atoms with van der Waals surface area (Å²) in [6, 6.07) is 1.42. The van der Waals surface area contributed by atoms with Crippen molar-refractivity contribution >= 4 is 17.6 Å². The lowest BCUT2D eigenvalue weighted by molar-refractivity contribution is -0.402. The van der Waals surface area contributed by atoms with Crippen molar-refractivity contribution in [3.8, 4) is 0 Å². The van der Waals surface area contributed by atoms with Gasteiger partial charge in [0, 0.05) is 0 Å². The predicted molar refractivity (Wildman–Crippen MR) is 51.7 cm³/mol. The van der Waals surface area contributed by atoms with Crippen molar-refractivity contribution in [3.63, 3.8) is 0 Å². The van der Waals surface area contributed by atoms with Gasteiger partial charge in [0.05, 0.1) is 12.7 Å². The van der Waals surface area contributed by atoms with Crippen LogP contribution >= 0.6 is 0 Å². The van der Waals surface area contributed by atoms with Gasteiger partial charge in [-0.25, -0.2) is 10.2 Å². The SMILES string of the molecule is NC(=O)N/N=C(/CO)c1ccc([N+](=O)[O-])o1. The maximum Gasteiger partial charge on any atom is 0.433 e. The first-order valence-electron chi connectivity index (χ1n) is 4.02. The number of urea groups is 1. The van der Waals surface area contributed by atoms with Crippen LogP contribution in [0.1, 0.15) is 5.76 Å². The molecule has 1 heterocycles. The number of hydrogen-bond donors (Lipinski definition) is 3. The summed E-state index contributed by atoms with van der Waals surface area (Å²) in [7, 11) is 0. The number of aliphatic hydroxyl groups is 1. The van der Waals surface area contributed by atoms with E-state index in [0.717, 1.165) is 6.07 Å². The summed E-state index contributed by atoms with van der Waals surface area (Å²) in [4.78, 5) is 19.9. The van der Waals surface area contributed by atoms with Gasteiger partial charge in [-0.3, -0.25) is 10.1 Å². The molecule has 0 spiro atoms. The van der Waals surface area contributed by atoms with Crippen LogP contribution in [0.3, 0.4) is 0 Å². The van der Waals surface area contributed by atoms with E-state index in [1.54, 1.807) is 0 Å². The van der Waals surface area contributed by atoms with E-state index in [1.165, 1.54) is 6.07 Å². The zero-order valence-electron chi connectivity index (χ0n) is 7.91. The van der Waals surface area contributed by atoms with Gasteiger partial charge in [0.2, 0.25) is 0 Å². The molecular weight excluding hydrogens is 220 g/mol. The van der Waals surface area contributed by atoms with Crippen LogP contribution in [0.5, 0.6) is 0 Å². The molecule has 9 nitrogen and oxygen atoms in total. The van der Waals surface area contributed by atoms with Crippen molar-refractivity contribution in [3.05, 3.63) is 28.0 Å². The Morgan fingerprint density at radius 1 is 1.69 bits per heavy atom. The van der Waals surface area contributed by atoms with Crippen molar-refractivity contribution in [2.24, 2.45) is 10.8 Å². The third kappa shape index (κ3) is 2.78. The number of primary amides is 1. The lowest BCUT2D eigenvalue weighted by atomic mass is 10.3. The molecule has 0 radical (unpaired) electrons. The zero-order valence-corrected chi connectivity index (χ0v) is 7.91. The van der Waals surface area contributed by atoms with Gasteiger partial charge in [0.15, 0.2) is 5.76 Å². The molecule has 0 aliphatic rings. The Labute approximate surface area is 88.7 Å². The van der Waals surface area contributed by atoms with Gasteiger partial charge in [-0.2, -0.15) is 5.10 Å². The van der Waals surface area contributed by atoms with Crippen LogP contribution in [0.15, 0.2) is 21.7 Å². The molecule has 0 aliphatic heterocycles. The number of carbonyl (C=O) groups is 1. The van der Waals surface area contributed by atoms with E-state index in [2.05, 4.69) is 5.10 Å². The Balaban J connectivity index is 2.90. The largest absolute Gasteiger partial charge is 0.433 e. The number of nitro groups is 1. The fourth-order valence-corrected chi connectivity index (χ4v) is 0.872. The average Bonchev–Trinajstić information content (AvgIpc) is 2.67. The Bertz CT molecular complexity index is 438. The van der Waals surface area contributed by atoms with E-state index in [0.29, 0.717) is 0 Å². The van der Waals surface area contributed by atoms with Crippen LogP contribution in [0, 0.1) is 10.1 Å². The van der Waals surface area contributed by atoms with Crippen LogP contribution in [-0.2, 0) is 0 Å². The van der Waals surface area contributed by atoms with Gasteiger partial charge in [-0.15, -0.1) is 0 Å². The Hall–Kier alpha value is -2.42. The van der Waals surface area contributed by atoms with Crippen LogP contribution in [0.25, 0.3) is 0 Å². The maximum atomic E-state index is 10.3. The summed E-state index contributed by atoms with van der Waals surface area (Å²) in [6.45, 7) is -0.565. The fourth-order valence-electron chi connectivity index (χ4n) is 0.872. The first-order chi connectivity index (χ1) is 7.54. The van der Waals surface area contributed by atoms with Gasteiger partial charge in [0.1, 0.15) is 10.6 Å². The van der Waals surface area contributed by atoms with E-state index in [-0.39, 0.29) is 11.5 Å². The molecule has 9 heteroatoms. The molecule has 0 saturated carbocycles. The summed E-state index contributed by atoms with van der Waals surface area (Å²) in [5, 5.41) is 22.6. The Morgan fingerprint density at radius 3 is 2.81 bits per heavy atom. The van der Waals surface area contributed by atoms with Crippen molar-refractivity contribution in [2.45, 2.75) is 0 Å². The summed E-state index contributed by atoms with van der Waals surface area (Å²) in [5.41, 5.74) is 6.54. The van der Waals surface area contributed by atoms with Gasteiger partial charge in [-0.1, -0.05) is 0 Å². The average molecular weight is 228 g/mol. The number of rotatable bonds is 4. The highest BCUT2D eigenvalue weighted by Gasteiger charge is 2.15. The van der Waals surface area contributed by atoms with Crippen LogP contribution in [0.4, 0.5) is 10.7 Å². The van der Waals surface area contributed by atoms with Crippen molar-refractivity contribution < 1.29 is 19.2 Å². The van der Waals surface area contributed by atoms with Gasteiger partial charge in [0.25, 0.3) is 0 Å². The van der Waals surface area contributed by atoms with Crippen LogP contribution in [-0.4, -0.2) is 28.4 Å². The van der Waals surface area contributed by atoms with Crippen LogP contribution < -0.4 is 11.2 Å². The molecule has 1 aromatic heterocycles. The minimum atomic E-state index is -0.924. The highest BCUT2D eigenvalue weighted by Crippen LogP contribution is 2.16. The van der Waals surface area contributed by atoms with E-state index in [1.807, 2.05) is 5.43 Å². The topological polar surface area (TPSA) is 144 Å². The summed E-state index contributed by atoms with van der Waals surface area (Å²) < 4.78 is 4.75. The lowest BCUT2D eigenvalue weighted by Gasteiger charge is -1.98. The van der Waals surface area contributed by atoms with Gasteiger partial charge in [-0.05, 0) is 6.07 Å². The number of furan rings is 1. The summed E-state index contributed by atoms with van der Waals surface area (Å²) in [5.74, 6) is -0.516. The number of hydrogen-bond acceptors (Lipinski definition) is 6. The van der Waals surface area contributed by atoms with E-state index in [4.69, 9.17) is 15.3 Å². The van der Waals surface area contributed by atoms with Gasteiger partial charge < -0.3 is 15.3 Å². The van der Waals surface area contributed by atoms with Crippen LogP contribution in [0.2, 0.25) is 0 Å².